The molecule has 0 spiro atoms. The minimum absolute atomic E-state index is 0.0844. The Morgan fingerprint density at radius 3 is 2.67 bits per heavy atom. The van der Waals surface area contributed by atoms with E-state index >= 15 is 0 Å². The molecule has 0 aliphatic rings. The SMILES string of the molecule is COc1ccsc1C(O)c1cc(F)c(C)cc1F. The van der Waals surface area contributed by atoms with Crippen LogP contribution >= 0.6 is 11.3 Å². The standard InChI is InChI=1S/C13H12F2O2S/c1-7-5-10(15)8(6-9(7)14)12(16)13-11(17-2)3-4-18-13/h3-6,12,16H,1-2H3. The van der Waals surface area contributed by atoms with Crippen molar-refractivity contribution in [3.05, 3.63) is 51.2 Å². The van der Waals surface area contributed by atoms with Crippen LogP contribution in [0.4, 0.5) is 8.78 Å². The largest absolute Gasteiger partial charge is 0.495 e. The molecular weight excluding hydrogens is 258 g/mol. The van der Waals surface area contributed by atoms with Crippen LogP contribution in [-0.4, -0.2) is 12.2 Å². The van der Waals surface area contributed by atoms with Gasteiger partial charge in [0.05, 0.1) is 12.0 Å². The Morgan fingerprint density at radius 2 is 2.00 bits per heavy atom. The van der Waals surface area contributed by atoms with E-state index < -0.39 is 17.7 Å². The summed E-state index contributed by atoms with van der Waals surface area (Å²) < 4.78 is 32.2. The molecule has 0 fully saturated rings. The molecule has 2 nitrogen and oxygen atoms in total. The quantitative estimate of drug-likeness (QED) is 0.926. The summed E-state index contributed by atoms with van der Waals surface area (Å²) in [4.78, 5) is 0.458. The third kappa shape index (κ3) is 2.23. The summed E-state index contributed by atoms with van der Waals surface area (Å²) in [5.41, 5.74) is 0.125. The highest BCUT2D eigenvalue weighted by molar-refractivity contribution is 7.10. The van der Waals surface area contributed by atoms with Crippen molar-refractivity contribution >= 4 is 11.3 Å². The molecule has 1 aromatic heterocycles. The van der Waals surface area contributed by atoms with Gasteiger partial charge < -0.3 is 9.84 Å². The van der Waals surface area contributed by atoms with Crippen molar-refractivity contribution in [2.75, 3.05) is 7.11 Å². The Kier molecular flexibility index (Phi) is 3.63. The molecule has 0 radical (unpaired) electrons. The number of hydrogen-bond donors (Lipinski definition) is 1. The molecule has 1 unspecified atom stereocenters. The summed E-state index contributed by atoms with van der Waals surface area (Å²) in [6, 6.07) is 3.77. The zero-order valence-electron chi connectivity index (χ0n) is 9.91. The first-order chi connectivity index (χ1) is 8.54. The zero-order chi connectivity index (χ0) is 13.3. The van der Waals surface area contributed by atoms with Crippen LogP contribution in [0.3, 0.4) is 0 Å². The topological polar surface area (TPSA) is 29.5 Å². The summed E-state index contributed by atoms with van der Waals surface area (Å²) in [6.07, 6.45) is -1.23. The Balaban J connectivity index is 2.46. The van der Waals surface area contributed by atoms with E-state index in [4.69, 9.17) is 4.74 Å². The first-order valence-corrected chi connectivity index (χ1v) is 6.17. The molecule has 1 N–H and O–H groups in total. The Morgan fingerprint density at radius 1 is 1.28 bits per heavy atom. The summed E-state index contributed by atoms with van der Waals surface area (Å²) >= 11 is 1.23. The molecule has 5 heteroatoms. The van der Waals surface area contributed by atoms with Gasteiger partial charge in [-0.2, -0.15) is 0 Å². The van der Waals surface area contributed by atoms with Crippen LogP contribution in [0, 0.1) is 18.6 Å². The van der Waals surface area contributed by atoms with Crippen LogP contribution in [0.1, 0.15) is 22.1 Å². The molecule has 0 amide bonds. The van der Waals surface area contributed by atoms with E-state index in [1.807, 2.05) is 0 Å². The lowest BCUT2D eigenvalue weighted by Gasteiger charge is -2.13. The number of aliphatic hydroxyl groups excluding tert-OH is 1. The van der Waals surface area contributed by atoms with Gasteiger partial charge in [-0.15, -0.1) is 11.3 Å². The lowest BCUT2D eigenvalue weighted by molar-refractivity contribution is 0.213. The van der Waals surface area contributed by atoms with Crippen molar-refractivity contribution in [1.29, 1.82) is 0 Å². The number of rotatable bonds is 3. The highest BCUT2D eigenvalue weighted by atomic mass is 32.1. The highest BCUT2D eigenvalue weighted by Crippen LogP contribution is 2.36. The maximum atomic E-state index is 13.7. The van der Waals surface area contributed by atoms with Gasteiger partial charge >= 0.3 is 0 Å². The number of aryl methyl sites for hydroxylation is 1. The van der Waals surface area contributed by atoms with Gasteiger partial charge in [0, 0.05) is 5.56 Å². The molecule has 1 atom stereocenters. The summed E-state index contributed by atoms with van der Waals surface area (Å²) in [7, 11) is 1.46. The number of methoxy groups -OCH3 is 1. The van der Waals surface area contributed by atoms with Gasteiger partial charge in [-0.1, -0.05) is 0 Å². The third-order valence-electron chi connectivity index (χ3n) is 2.70. The van der Waals surface area contributed by atoms with Crippen LogP contribution in [0.25, 0.3) is 0 Å². The molecule has 1 heterocycles. The molecule has 0 saturated carbocycles. The maximum absolute atomic E-state index is 13.7. The minimum atomic E-state index is -1.23. The second-order valence-electron chi connectivity index (χ2n) is 3.88. The van der Waals surface area contributed by atoms with Crippen LogP contribution in [0.5, 0.6) is 5.75 Å². The Bertz CT molecular complexity index is 566. The molecular formula is C13H12F2O2S. The van der Waals surface area contributed by atoms with E-state index in [1.165, 1.54) is 25.4 Å². The maximum Gasteiger partial charge on any atom is 0.135 e. The molecule has 0 aliphatic heterocycles. The Hall–Kier alpha value is -1.46. The molecule has 1 aromatic carbocycles. The van der Waals surface area contributed by atoms with Crippen LogP contribution in [-0.2, 0) is 0 Å². The summed E-state index contributed by atoms with van der Waals surface area (Å²) in [5.74, 6) is -0.703. The smallest absolute Gasteiger partial charge is 0.135 e. The minimum Gasteiger partial charge on any atom is -0.495 e. The van der Waals surface area contributed by atoms with Crippen molar-refractivity contribution in [2.24, 2.45) is 0 Å². The predicted molar refractivity (Wildman–Crippen MR) is 66.0 cm³/mol. The van der Waals surface area contributed by atoms with Gasteiger partial charge in [-0.3, -0.25) is 0 Å². The lowest BCUT2D eigenvalue weighted by Crippen LogP contribution is -2.04. The third-order valence-corrected chi connectivity index (χ3v) is 3.65. The van der Waals surface area contributed by atoms with Crippen molar-refractivity contribution in [3.8, 4) is 5.75 Å². The number of hydrogen-bond acceptors (Lipinski definition) is 3. The molecule has 18 heavy (non-hydrogen) atoms. The van der Waals surface area contributed by atoms with Gasteiger partial charge in [0.25, 0.3) is 0 Å². The second kappa shape index (κ2) is 5.04. The van der Waals surface area contributed by atoms with Crippen LogP contribution < -0.4 is 4.74 Å². The van der Waals surface area contributed by atoms with Gasteiger partial charge in [-0.25, -0.2) is 8.78 Å². The van der Waals surface area contributed by atoms with Crippen LogP contribution in [0.15, 0.2) is 23.6 Å². The number of thiophene rings is 1. The number of aliphatic hydroxyl groups is 1. The predicted octanol–water partition coefficient (Wildman–Crippen LogP) is 3.43. The van der Waals surface area contributed by atoms with Gasteiger partial charge in [0.2, 0.25) is 0 Å². The first kappa shape index (κ1) is 13.0. The van der Waals surface area contributed by atoms with Crippen molar-refractivity contribution in [2.45, 2.75) is 13.0 Å². The first-order valence-electron chi connectivity index (χ1n) is 5.29. The monoisotopic (exact) mass is 270 g/mol. The highest BCUT2D eigenvalue weighted by Gasteiger charge is 2.21. The molecule has 0 bridgehead atoms. The number of ether oxygens (including phenoxy) is 1. The van der Waals surface area contributed by atoms with E-state index in [-0.39, 0.29) is 11.1 Å². The normalized spacial score (nSPS) is 12.5. The van der Waals surface area contributed by atoms with E-state index in [1.54, 1.807) is 11.4 Å². The molecule has 2 rings (SSSR count). The zero-order valence-corrected chi connectivity index (χ0v) is 10.7. The van der Waals surface area contributed by atoms with Crippen molar-refractivity contribution < 1.29 is 18.6 Å². The fourth-order valence-electron chi connectivity index (χ4n) is 1.69. The molecule has 0 saturated heterocycles. The average molecular weight is 270 g/mol. The van der Waals surface area contributed by atoms with E-state index in [0.717, 1.165) is 12.1 Å². The van der Waals surface area contributed by atoms with Crippen molar-refractivity contribution in [3.63, 3.8) is 0 Å². The fraction of sp³-hybridized carbons (Fsp3) is 0.231. The summed E-state index contributed by atoms with van der Waals surface area (Å²) in [5, 5.41) is 11.8. The molecule has 0 aliphatic carbocycles. The van der Waals surface area contributed by atoms with Gasteiger partial charge in [0.15, 0.2) is 0 Å². The molecule has 2 aromatic rings. The van der Waals surface area contributed by atoms with E-state index in [9.17, 15) is 13.9 Å². The van der Waals surface area contributed by atoms with Crippen LogP contribution in [0.2, 0.25) is 0 Å². The van der Waals surface area contributed by atoms with Crippen molar-refractivity contribution in [1.82, 2.24) is 0 Å². The second-order valence-corrected chi connectivity index (χ2v) is 4.83. The Labute approximate surface area is 107 Å². The van der Waals surface area contributed by atoms with Gasteiger partial charge in [0.1, 0.15) is 23.5 Å². The average Bonchev–Trinajstić information content (AvgIpc) is 2.81. The van der Waals surface area contributed by atoms with E-state index in [0.29, 0.717) is 10.6 Å². The van der Waals surface area contributed by atoms with E-state index in [2.05, 4.69) is 0 Å². The number of benzene rings is 1. The van der Waals surface area contributed by atoms with Gasteiger partial charge in [-0.05, 0) is 36.1 Å². The summed E-state index contributed by atoms with van der Waals surface area (Å²) in [6.45, 7) is 1.47. The number of halogens is 2. The molecule has 96 valence electrons. The fourth-order valence-corrected chi connectivity index (χ4v) is 2.55. The lowest BCUT2D eigenvalue weighted by atomic mass is 10.0.